The lowest BCUT2D eigenvalue weighted by molar-refractivity contribution is 0.0914. The number of carbonyl (C=O) groups is 1. The summed E-state index contributed by atoms with van der Waals surface area (Å²) in [5.41, 5.74) is 5.81. The van der Waals surface area contributed by atoms with E-state index in [4.69, 9.17) is 5.73 Å². The standard InChI is InChI=1S/C13H23N5O/c1-10(11-5-3-2-4-6-11)15-13(19)12-9-18(8-7-14)17-16-12/h9-11H,2-8,14H2,1H3,(H,15,19)/t10-/m0/s1. The van der Waals surface area contributed by atoms with Crippen molar-refractivity contribution in [2.24, 2.45) is 11.7 Å². The van der Waals surface area contributed by atoms with Crippen LogP contribution in [0.1, 0.15) is 49.5 Å². The van der Waals surface area contributed by atoms with E-state index in [-0.39, 0.29) is 11.9 Å². The predicted octanol–water partition coefficient (Wildman–Crippen LogP) is 0.935. The molecule has 19 heavy (non-hydrogen) atoms. The SMILES string of the molecule is C[C@H](NC(=O)c1cn(CCN)nn1)C1CCCCC1. The van der Waals surface area contributed by atoms with Gasteiger partial charge in [0.2, 0.25) is 0 Å². The van der Waals surface area contributed by atoms with Crippen LogP contribution < -0.4 is 11.1 Å². The maximum absolute atomic E-state index is 12.1. The number of carbonyl (C=O) groups excluding carboxylic acids is 1. The van der Waals surface area contributed by atoms with Crippen molar-refractivity contribution in [1.29, 1.82) is 0 Å². The highest BCUT2D eigenvalue weighted by atomic mass is 16.2. The zero-order valence-corrected chi connectivity index (χ0v) is 11.5. The van der Waals surface area contributed by atoms with Gasteiger partial charge in [-0.15, -0.1) is 5.10 Å². The van der Waals surface area contributed by atoms with Crippen molar-refractivity contribution in [3.05, 3.63) is 11.9 Å². The Bertz CT molecular complexity index is 411. The number of amides is 1. The van der Waals surface area contributed by atoms with Crippen LogP contribution in [0, 0.1) is 5.92 Å². The Morgan fingerprint density at radius 3 is 2.95 bits per heavy atom. The van der Waals surface area contributed by atoms with E-state index < -0.39 is 0 Å². The van der Waals surface area contributed by atoms with Crippen LogP contribution in [0.5, 0.6) is 0 Å². The zero-order valence-electron chi connectivity index (χ0n) is 11.5. The second kappa shape index (κ2) is 6.65. The molecule has 6 heteroatoms. The van der Waals surface area contributed by atoms with Gasteiger partial charge in [0, 0.05) is 12.6 Å². The van der Waals surface area contributed by atoms with Gasteiger partial charge >= 0.3 is 0 Å². The number of rotatable bonds is 5. The minimum atomic E-state index is -0.138. The van der Waals surface area contributed by atoms with Crippen LogP contribution in [-0.4, -0.2) is 33.5 Å². The minimum Gasteiger partial charge on any atom is -0.348 e. The molecule has 1 aromatic rings. The van der Waals surface area contributed by atoms with Crippen LogP contribution >= 0.6 is 0 Å². The van der Waals surface area contributed by atoms with Gasteiger partial charge in [-0.05, 0) is 25.7 Å². The maximum atomic E-state index is 12.1. The first-order valence-electron chi connectivity index (χ1n) is 7.11. The van der Waals surface area contributed by atoms with E-state index in [9.17, 15) is 4.79 Å². The third-order valence-corrected chi connectivity index (χ3v) is 3.85. The summed E-state index contributed by atoms with van der Waals surface area (Å²) in [6, 6.07) is 0.201. The third kappa shape index (κ3) is 3.76. The highest BCUT2D eigenvalue weighted by molar-refractivity contribution is 5.92. The van der Waals surface area contributed by atoms with Crippen LogP contribution in [-0.2, 0) is 6.54 Å². The predicted molar refractivity (Wildman–Crippen MR) is 72.6 cm³/mol. The van der Waals surface area contributed by atoms with Crippen LogP contribution in [0.25, 0.3) is 0 Å². The van der Waals surface area contributed by atoms with Crippen LogP contribution in [0.4, 0.5) is 0 Å². The average Bonchev–Trinajstić information content (AvgIpc) is 2.89. The summed E-state index contributed by atoms with van der Waals surface area (Å²) in [6.07, 6.45) is 7.94. The van der Waals surface area contributed by atoms with Crippen LogP contribution in [0.3, 0.4) is 0 Å². The smallest absolute Gasteiger partial charge is 0.273 e. The Morgan fingerprint density at radius 1 is 1.53 bits per heavy atom. The molecular formula is C13H23N5O. The van der Waals surface area contributed by atoms with Crippen molar-refractivity contribution in [2.45, 2.75) is 51.6 Å². The first-order chi connectivity index (χ1) is 9.20. The van der Waals surface area contributed by atoms with Crippen molar-refractivity contribution in [1.82, 2.24) is 20.3 Å². The summed E-state index contributed by atoms with van der Waals surface area (Å²) >= 11 is 0. The molecule has 1 aliphatic rings. The Hall–Kier alpha value is -1.43. The lowest BCUT2D eigenvalue weighted by Crippen LogP contribution is -2.39. The summed E-state index contributed by atoms with van der Waals surface area (Å²) in [7, 11) is 0. The fourth-order valence-electron chi connectivity index (χ4n) is 2.68. The van der Waals surface area contributed by atoms with Gasteiger partial charge < -0.3 is 11.1 Å². The van der Waals surface area contributed by atoms with Gasteiger partial charge in [0.05, 0.1) is 12.7 Å². The fraction of sp³-hybridized carbons (Fsp3) is 0.769. The molecule has 1 heterocycles. The van der Waals surface area contributed by atoms with Gasteiger partial charge in [-0.3, -0.25) is 9.48 Å². The molecule has 0 aromatic carbocycles. The highest BCUT2D eigenvalue weighted by Crippen LogP contribution is 2.26. The average molecular weight is 265 g/mol. The first-order valence-corrected chi connectivity index (χ1v) is 7.11. The van der Waals surface area contributed by atoms with Crippen molar-refractivity contribution >= 4 is 5.91 Å². The van der Waals surface area contributed by atoms with E-state index in [2.05, 4.69) is 22.6 Å². The number of hydrogen-bond donors (Lipinski definition) is 2. The molecule has 2 rings (SSSR count). The normalized spacial score (nSPS) is 18.2. The monoisotopic (exact) mass is 265 g/mol. The highest BCUT2D eigenvalue weighted by Gasteiger charge is 2.22. The second-order valence-electron chi connectivity index (χ2n) is 5.32. The Kier molecular flexibility index (Phi) is 4.90. The topological polar surface area (TPSA) is 85.8 Å². The van der Waals surface area contributed by atoms with E-state index in [1.165, 1.54) is 32.1 Å². The lowest BCUT2D eigenvalue weighted by Gasteiger charge is -2.27. The molecule has 0 aliphatic heterocycles. The minimum absolute atomic E-state index is 0.138. The van der Waals surface area contributed by atoms with E-state index in [1.54, 1.807) is 10.9 Å². The van der Waals surface area contributed by atoms with E-state index in [0.29, 0.717) is 24.7 Å². The van der Waals surface area contributed by atoms with Gasteiger partial charge in [0.25, 0.3) is 5.91 Å². The molecule has 1 saturated carbocycles. The Balaban J connectivity index is 1.88. The third-order valence-electron chi connectivity index (χ3n) is 3.85. The molecule has 0 radical (unpaired) electrons. The van der Waals surface area contributed by atoms with Crippen molar-refractivity contribution in [3.63, 3.8) is 0 Å². The molecule has 1 atom stereocenters. The number of nitrogens with zero attached hydrogens (tertiary/aromatic N) is 3. The molecule has 0 saturated heterocycles. The van der Waals surface area contributed by atoms with E-state index in [0.717, 1.165) is 0 Å². The molecular weight excluding hydrogens is 242 g/mol. The van der Waals surface area contributed by atoms with Crippen LogP contribution in [0.2, 0.25) is 0 Å². The number of nitrogens with one attached hydrogen (secondary N) is 1. The molecule has 106 valence electrons. The molecule has 0 spiro atoms. The molecule has 3 N–H and O–H groups in total. The summed E-state index contributed by atoms with van der Waals surface area (Å²) in [5, 5.41) is 10.8. The Labute approximate surface area is 113 Å². The van der Waals surface area contributed by atoms with E-state index >= 15 is 0 Å². The van der Waals surface area contributed by atoms with Crippen LogP contribution in [0.15, 0.2) is 6.20 Å². The molecule has 0 unspecified atom stereocenters. The van der Waals surface area contributed by atoms with Gasteiger partial charge in [-0.1, -0.05) is 24.5 Å². The van der Waals surface area contributed by atoms with Crippen molar-refractivity contribution in [2.75, 3.05) is 6.54 Å². The number of aromatic nitrogens is 3. The quantitative estimate of drug-likeness (QED) is 0.829. The van der Waals surface area contributed by atoms with Gasteiger partial charge in [-0.2, -0.15) is 0 Å². The summed E-state index contributed by atoms with van der Waals surface area (Å²) < 4.78 is 1.60. The summed E-state index contributed by atoms with van der Waals surface area (Å²) in [4.78, 5) is 12.1. The lowest BCUT2D eigenvalue weighted by atomic mass is 9.84. The van der Waals surface area contributed by atoms with Crippen molar-refractivity contribution in [3.8, 4) is 0 Å². The molecule has 1 amide bonds. The second-order valence-corrected chi connectivity index (χ2v) is 5.32. The molecule has 6 nitrogen and oxygen atoms in total. The number of hydrogen-bond acceptors (Lipinski definition) is 4. The molecule has 0 bridgehead atoms. The summed E-state index contributed by atoms with van der Waals surface area (Å²) in [6.45, 7) is 3.15. The van der Waals surface area contributed by atoms with Gasteiger partial charge in [0.15, 0.2) is 5.69 Å². The fourth-order valence-corrected chi connectivity index (χ4v) is 2.68. The van der Waals surface area contributed by atoms with Crippen molar-refractivity contribution < 1.29 is 4.79 Å². The first kappa shape index (κ1) is 14.0. The summed E-state index contributed by atoms with van der Waals surface area (Å²) in [5.74, 6) is 0.457. The molecule has 1 aromatic heterocycles. The maximum Gasteiger partial charge on any atom is 0.273 e. The molecule has 1 aliphatic carbocycles. The van der Waals surface area contributed by atoms with Gasteiger partial charge in [0.1, 0.15) is 0 Å². The van der Waals surface area contributed by atoms with Gasteiger partial charge in [-0.25, -0.2) is 0 Å². The number of nitrogens with two attached hydrogens (primary N) is 1. The molecule has 1 fully saturated rings. The zero-order chi connectivity index (χ0) is 13.7. The van der Waals surface area contributed by atoms with E-state index in [1.807, 2.05) is 0 Å². The Morgan fingerprint density at radius 2 is 2.26 bits per heavy atom. The largest absolute Gasteiger partial charge is 0.348 e.